The van der Waals surface area contributed by atoms with Crippen molar-refractivity contribution in [3.05, 3.63) is 76.6 Å². The highest BCUT2D eigenvalue weighted by Crippen LogP contribution is 2.25. The predicted octanol–water partition coefficient (Wildman–Crippen LogP) is 4.16. The molecule has 1 aliphatic rings. The fraction of sp³-hybridized carbons (Fsp3) is 0.423. The van der Waals surface area contributed by atoms with Gasteiger partial charge in [-0.3, -0.25) is 4.90 Å². The van der Waals surface area contributed by atoms with E-state index in [1.165, 1.54) is 11.3 Å². The number of nitrogens with zero attached hydrogens (tertiary/aromatic N) is 3. The van der Waals surface area contributed by atoms with Gasteiger partial charge in [-0.05, 0) is 49.9 Å². The van der Waals surface area contributed by atoms with Gasteiger partial charge in [0.25, 0.3) is 0 Å². The normalized spacial score (nSPS) is 15.6. The van der Waals surface area contributed by atoms with Crippen molar-refractivity contribution in [2.45, 2.75) is 58.5 Å². The van der Waals surface area contributed by atoms with E-state index in [9.17, 15) is 8.42 Å². The molecule has 0 fully saturated rings. The SMILES string of the molecule is Cc1cc(C)c(S(=O)(=O)NC(CN2CCc3c(cnn3-c3ccccc3)C2)C(C)C)c(C)c1. The van der Waals surface area contributed by atoms with Gasteiger partial charge in [-0.15, -0.1) is 0 Å². The lowest BCUT2D eigenvalue weighted by Crippen LogP contribution is -2.48. The van der Waals surface area contributed by atoms with Crippen molar-refractivity contribution < 1.29 is 8.42 Å². The Labute approximate surface area is 197 Å². The van der Waals surface area contributed by atoms with Gasteiger partial charge in [0.1, 0.15) is 0 Å². The highest BCUT2D eigenvalue weighted by atomic mass is 32.2. The van der Waals surface area contributed by atoms with Gasteiger partial charge in [0.05, 0.1) is 16.8 Å². The number of para-hydroxylation sites is 1. The van der Waals surface area contributed by atoms with Gasteiger partial charge >= 0.3 is 0 Å². The van der Waals surface area contributed by atoms with E-state index in [-0.39, 0.29) is 12.0 Å². The maximum absolute atomic E-state index is 13.4. The monoisotopic (exact) mass is 466 g/mol. The number of aromatic nitrogens is 2. The number of hydrogen-bond donors (Lipinski definition) is 1. The van der Waals surface area contributed by atoms with E-state index < -0.39 is 10.0 Å². The van der Waals surface area contributed by atoms with E-state index in [1.807, 2.05) is 62.0 Å². The van der Waals surface area contributed by atoms with Crippen LogP contribution in [-0.2, 0) is 23.0 Å². The molecule has 1 N–H and O–H groups in total. The molecule has 2 heterocycles. The van der Waals surface area contributed by atoms with Crippen molar-refractivity contribution in [2.75, 3.05) is 13.1 Å². The first-order valence-corrected chi connectivity index (χ1v) is 13.1. The molecule has 176 valence electrons. The zero-order chi connectivity index (χ0) is 23.8. The summed E-state index contributed by atoms with van der Waals surface area (Å²) in [5.74, 6) is 0.166. The maximum Gasteiger partial charge on any atom is 0.241 e. The van der Waals surface area contributed by atoms with Gasteiger partial charge in [-0.25, -0.2) is 17.8 Å². The van der Waals surface area contributed by atoms with Crippen LogP contribution in [0.25, 0.3) is 5.69 Å². The van der Waals surface area contributed by atoms with Crippen LogP contribution < -0.4 is 4.72 Å². The number of nitrogens with one attached hydrogen (secondary N) is 1. The number of benzene rings is 2. The Bertz CT molecular complexity index is 1210. The van der Waals surface area contributed by atoms with Crippen molar-refractivity contribution in [1.29, 1.82) is 0 Å². The molecule has 1 atom stereocenters. The summed E-state index contributed by atoms with van der Waals surface area (Å²) in [6.45, 7) is 12.2. The summed E-state index contributed by atoms with van der Waals surface area (Å²) in [5.41, 5.74) is 6.18. The van der Waals surface area contributed by atoms with E-state index in [0.29, 0.717) is 11.4 Å². The third-order valence-electron chi connectivity index (χ3n) is 6.45. The molecule has 1 aromatic heterocycles. The molecule has 0 amide bonds. The van der Waals surface area contributed by atoms with Gasteiger partial charge < -0.3 is 0 Å². The van der Waals surface area contributed by atoms with Crippen LogP contribution in [0, 0.1) is 26.7 Å². The number of fused-ring (bicyclic) bond motifs is 1. The summed E-state index contributed by atoms with van der Waals surface area (Å²) in [5, 5.41) is 4.62. The average molecular weight is 467 g/mol. The molecule has 0 aliphatic carbocycles. The molecule has 0 radical (unpaired) electrons. The Balaban J connectivity index is 1.51. The highest BCUT2D eigenvalue weighted by molar-refractivity contribution is 7.89. The van der Waals surface area contributed by atoms with Crippen molar-refractivity contribution in [3.8, 4) is 5.69 Å². The topological polar surface area (TPSA) is 67.2 Å². The third-order valence-corrected chi connectivity index (χ3v) is 8.25. The van der Waals surface area contributed by atoms with E-state index in [0.717, 1.165) is 41.9 Å². The minimum Gasteiger partial charge on any atom is -0.297 e. The van der Waals surface area contributed by atoms with Crippen LogP contribution in [0.3, 0.4) is 0 Å². The number of rotatable bonds is 7. The largest absolute Gasteiger partial charge is 0.297 e. The molecule has 1 unspecified atom stereocenters. The molecule has 4 rings (SSSR count). The Hall–Kier alpha value is -2.48. The summed E-state index contributed by atoms with van der Waals surface area (Å²) in [4.78, 5) is 2.74. The minimum atomic E-state index is -3.62. The summed E-state index contributed by atoms with van der Waals surface area (Å²) < 4.78 is 31.8. The lowest BCUT2D eigenvalue weighted by molar-refractivity contribution is 0.213. The first kappa shape index (κ1) is 23.7. The smallest absolute Gasteiger partial charge is 0.241 e. The number of hydrogen-bond acceptors (Lipinski definition) is 4. The first-order chi connectivity index (χ1) is 15.7. The summed E-state index contributed by atoms with van der Waals surface area (Å²) in [6, 6.07) is 13.9. The first-order valence-electron chi connectivity index (χ1n) is 11.6. The van der Waals surface area contributed by atoms with E-state index in [4.69, 9.17) is 0 Å². The second kappa shape index (κ2) is 9.41. The Morgan fingerprint density at radius 1 is 1.06 bits per heavy atom. The van der Waals surface area contributed by atoms with Crippen molar-refractivity contribution in [3.63, 3.8) is 0 Å². The average Bonchev–Trinajstić information content (AvgIpc) is 3.16. The standard InChI is InChI=1S/C26H34N4O2S/c1-18(2)24(28-33(31,32)26-20(4)13-19(3)14-21(26)5)17-29-12-11-25-22(16-29)15-27-30(25)23-9-7-6-8-10-23/h6-10,13-15,18,24,28H,11-12,16-17H2,1-5H3. The van der Waals surface area contributed by atoms with Crippen LogP contribution in [0.5, 0.6) is 0 Å². The molecule has 0 bridgehead atoms. The quantitative estimate of drug-likeness (QED) is 0.568. The fourth-order valence-electron chi connectivity index (χ4n) is 4.85. The predicted molar refractivity (Wildman–Crippen MR) is 132 cm³/mol. The summed E-state index contributed by atoms with van der Waals surface area (Å²) in [7, 11) is -3.62. The van der Waals surface area contributed by atoms with Crippen molar-refractivity contribution in [2.24, 2.45) is 5.92 Å². The van der Waals surface area contributed by atoms with E-state index in [1.54, 1.807) is 0 Å². The van der Waals surface area contributed by atoms with E-state index >= 15 is 0 Å². The Kier molecular flexibility index (Phi) is 6.75. The zero-order valence-electron chi connectivity index (χ0n) is 20.2. The van der Waals surface area contributed by atoms with Gasteiger partial charge in [-0.2, -0.15) is 5.10 Å². The van der Waals surface area contributed by atoms with Crippen LogP contribution in [0.1, 0.15) is 41.8 Å². The van der Waals surface area contributed by atoms with Crippen LogP contribution in [0.4, 0.5) is 0 Å². The summed E-state index contributed by atoms with van der Waals surface area (Å²) >= 11 is 0. The van der Waals surface area contributed by atoms with Gasteiger partial charge in [0, 0.05) is 43.4 Å². The Morgan fingerprint density at radius 2 is 1.73 bits per heavy atom. The Morgan fingerprint density at radius 3 is 2.36 bits per heavy atom. The minimum absolute atomic E-state index is 0.166. The summed E-state index contributed by atoms with van der Waals surface area (Å²) in [6.07, 6.45) is 2.83. The molecule has 0 spiro atoms. The second-order valence-electron chi connectivity index (χ2n) is 9.55. The molecule has 0 saturated carbocycles. The second-order valence-corrected chi connectivity index (χ2v) is 11.2. The van der Waals surface area contributed by atoms with Crippen LogP contribution in [0.15, 0.2) is 53.6 Å². The molecule has 6 nitrogen and oxygen atoms in total. The molecule has 2 aromatic carbocycles. The van der Waals surface area contributed by atoms with Gasteiger partial charge in [0.2, 0.25) is 10.0 Å². The molecule has 1 aliphatic heterocycles. The molecule has 0 saturated heterocycles. The van der Waals surface area contributed by atoms with E-state index in [2.05, 4.69) is 40.7 Å². The molecule has 33 heavy (non-hydrogen) atoms. The molecular weight excluding hydrogens is 432 g/mol. The number of aryl methyl sites for hydroxylation is 3. The van der Waals surface area contributed by atoms with Gasteiger partial charge in [0.15, 0.2) is 0 Å². The highest BCUT2D eigenvalue weighted by Gasteiger charge is 2.29. The van der Waals surface area contributed by atoms with Crippen molar-refractivity contribution in [1.82, 2.24) is 19.4 Å². The fourth-order valence-corrected chi connectivity index (χ4v) is 6.68. The van der Waals surface area contributed by atoms with Crippen LogP contribution in [0.2, 0.25) is 0 Å². The molecular formula is C26H34N4O2S. The maximum atomic E-state index is 13.4. The lowest BCUT2D eigenvalue weighted by Gasteiger charge is -2.33. The van der Waals surface area contributed by atoms with Crippen LogP contribution in [-0.4, -0.2) is 42.2 Å². The van der Waals surface area contributed by atoms with Crippen molar-refractivity contribution >= 4 is 10.0 Å². The molecule has 3 aromatic rings. The van der Waals surface area contributed by atoms with Gasteiger partial charge in [-0.1, -0.05) is 49.7 Å². The van der Waals surface area contributed by atoms with Crippen LogP contribution >= 0.6 is 0 Å². The number of sulfonamides is 1. The third kappa shape index (κ3) is 5.05. The lowest BCUT2D eigenvalue weighted by atomic mass is 10.0. The molecule has 7 heteroatoms. The zero-order valence-corrected chi connectivity index (χ0v) is 21.0.